The predicted molar refractivity (Wildman–Crippen MR) is 77.6 cm³/mol. The van der Waals surface area contributed by atoms with E-state index in [9.17, 15) is 18.3 Å². The van der Waals surface area contributed by atoms with E-state index in [0.717, 1.165) is 17.7 Å². The van der Waals surface area contributed by atoms with Crippen LogP contribution in [0.5, 0.6) is 0 Å². The second-order valence-electron chi connectivity index (χ2n) is 5.51. The quantitative estimate of drug-likeness (QED) is 0.874. The first-order chi connectivity index (χ1) is 9.95. The Balaban J connectivity index is 1.98. The molecule has 0 saturated carbocycles. The highest BCUT2D eigenvalue weighted by Gasteiger charge is 2.36. The molecule has 1 atom stereocenters. The first kappa shape index (κ1) is 14.5. The molecule has 21 heavy (non-hydrogen) atoms. The van der Waals surface area contributed by atoms with Crippen molar-refractivity contribution in [1.29, 1.82) is 0 Å². The van der Waals surface area contributed by atoms with E-state index in [0.29, 0.717) is 13.0 Å². The minimum absolute atomic E-state index is 0.0334. The van der Waals surface area contributed by atoms with Crippen LogP contribution in [0.3, 0.4) is 0 Å². The number of fused-ring (bicyclic) bond motifs is 1. The fraction of sp³-hybridized carbons (Fsp3) is 0.500. The van der Waals surface area contributed by atoms with Crippen LogP contribution >= 0.6 is 0 Å². The number of aliphatic hydroxyl groups is 1. The van der Waals surface area contributed by atoms with Crippen LogP contribution in [-0.4, -0.2) is 50.0 Å². The average molecular weight is 310 g/mol. The summed E-state index contributed by atoms with van der Waals surface area (Å²) in [5, 5.41) is 9.31. The predicted octanol–water partition coefficient (Wildman–Crippen LogP) is 0.351. The highest BCUT2D eigenvalue weighted by atomic mass is 32.2. The van der Waals surface area contributed by atoms with Gasteiger partial charge in [0.2, 0.25) is 15.9 Å². The number of hydrogen-bond acceptors (Lipinski definition) is 4. The van der Waals surface area contributed by atoms with Gasteiger partial charge in [-0.05, 0) is 36.6 Å². The van der Waals surface area contributed by atoms with Gasteiger partial charge in [0.05, 0.1) is 17.9 Å². The molecule has 3 rings (SSSR count). The average Bonchev–Trinajstić information content (AvgIpc) is 3.04. The van der Waals surface area contributed by atoms with Gasteiger partial charge < -0.3 is 10.0 Å². The number of amides is 1. The van der Waals surface area contributed by atoms with Crippen molar-refractivity contribution in [3.05, 3.63) is 23.8 Å². The maximum Gasteiger partial charge on any atom is 0.243 e. The fourth-order valence-electron chi connectivity index (χ4n) is 3.05. The minimum atomic E-state index is -3.61. The van der Waals surface area contributed by atoms with Crippen LogP contribution in [0, 0.1) is 0 Å². The summed E-state index contributed by atoms with van der Waals surface area (Å²) in [6.45, 7) is 0.273. The van der Waals surface area contributed by atoms with Gasteiger partial charge in [-0.1, -0.05) is 0 Å². The lowest BCUT2D eigenvalue weighted by atomic mass is 10.2. The van der Waals surface area contributed by atoms with Crippen molar-refractivity contribution in [2.45, 2.75) is 30.2 Å². The normalized spacial score (nSPS) is 22.9. The molecule has 0 unspecified atom stereocenters. The van der Waals surface area contributed by atoms with Crippen molar-refractivity contribution < 1.29 is 18.3 Å². The summed E-state index contributed by atoms with van der Waals surface area (Å²) in [5.74, 6) is -0.0334. The number of rotatable bonds is 3. The second kappa shape index (κ2) is 5.08. The maximum absolute atomic E-state index is 12.7. The largest absolute Gasteiger partial charge is 0.395 e. The first-order valence-corrected chi connectivity index (χ1v) is 8.41. The van der Waals surface area contributed by atoms with Crippen LogP contribution in [0.4, 0.5) is 5.69 Å². The summed E-state index contributed by atoms with van der Waals surface area (Å²) < 4.78 is 26.7. The summed E-state index contributed by atoms with van der Waals surface area (Å²) in [7, 11) is -1.93. The zero-order valence-corrected chi connectivity index (χ0v) is 12.6. The lowest BCUT2D eigenvalue weighted by molar-refractivity contribution is -0.117. The highest BCUT2D eigenvalue weighted by molar-refractivity contribution is 7.89. The van der Waals surface area contributed by atoms with Crippen molar-refractivity contribution in [3.63, 3.8) is 0 Å². The molecule has 114 valence electrons. The summed E-state index contributed by atoms with van der Waals surface area (Å²) in [4.78, 5) is 13.4. The Kier molecular flexibility index (Phi) is 3.51. The second-order valence-corrected chi connectivity index (χ2v) is 7.40. The van der Waals surface area contributed by atoms with Crippen LogP contribution in [0.25, 0.3) is 0 Å². The van der Waals surface area contributed by atoms with Gasteiger partial charge in [-0.25, -0.2) is 8.42 Å². The zero-order valence-electron chi connectivity index (χ0n) is 11.8. The Labute approximate surface area is 124 Å². The molecule has 2 aliphatic heterocycles. The van der Waals surface area contributed by atoms with E-state index in [-0.39, 0.29) is 29.9 Å². The summed E-state index contributed by atoms with van der Waals surface area (Å²) in [6.07, 6.45) is 1.68. The van der Waals surface area contributed by atoms with Crippen LogP contribution in [-0.2, 0) is 21.2 Å². The number of nitrogens with zero attached hydrogens (tertiary/aromatic N) is 2. The van der Waals surface area contributed by atoms with Gasteiger partial charge in [-0.2, -0.15) is 4.31 Å². The number of carbonyl (C=O) groups is 1. The maximum atomic E-state index is 12.7. The van der Waals surface area contributed by atoms with Crippen LogP contribution in [0.15, 0.2) is 23.1 Å². The summed E-state index contributed by atoms with van der Waals surface area (Å²) in [5.41, 5.74) is 1.50. The molecule has 1 N–H and O–H groups in total. The number of sulfonamides is 1. The third-order valence-corrected chi connectivity index (χ3v) is 6.22. The van der Waals surface area contributed by atoms with Crippen molar-refractivity contribution >= 4 is 21.6 Å². The highest BCUT2D eigenvalue weighted by Crippen LogP contribution is 2.32. The van der Waals surface area contributed by atoms with Crippen molar-refractivity contribution in [1.82, 2.24) is 4.31 Å². The molecule has 1 aromatic carbocycles. The Hall–Kier alpha value is -1.44. The first-order valence-electron chi connectivity index (χ1n) is 6.97. The molecule has 1 aromatic rings. The number of aliphatic hydroxyl groups excluding tert-OH is 1. The molecule has 2 heterocycles. The smallest absolute Gasteiger partial charge is 0.243 e. The van der Waals surface area contributed by atoms with Crippen molar-refractivity contribution in [2.24, 2.45) is 0 Å². The minimum Gasteiger partial charge on any atom is -0.395 e. The lowest BCUT2D eigenvalue weighted by Crippen LogP contribution is -2.37. The van der Waals surface area contributed by atoms with Crippen molar-refractivity contribution in [2.75, 3.05) is 25.1 Å². The Morgan fingerprint density at radius 1 is 1.38 bits per heavy atom. The monoisotopic (exact) mass is 310 g/mol. The zero-order chi connectivity index (χ0) is 15.2. The van der Waals surface area contributed by atoms with Crippen LogP contribution in [0.1, 0.15) is 18.4 Å². The van der Waals surface area contributed by atoms with E-state index in [1.807, 2.05) is 0 Å². The Bertz CT molecular complexity index is 686. The van der Waals surface area contributed by atoms with Gasteiger partial charge in [0.1, 0.15) is 0 Å². The van der Waals surface area contributed by atoms with Gasteiger partial charge in [0.15, 0.2) is 0 Å². The molecule has 1 fully saturated rings. The molecule has 1 amide bonds. The third kappa shape index (κ3) is 2.25. The fourth-order valence-corrected chi connectivity index (χ4v) is 4.79. The lowest BCUT2D eigenvalue weighted by Gasteiger charge is -2.22. The molecule has 6 nitrogen and oxygen atoms in total. The van der Waals surface area contributed by atoms with E-state index in [4.69, 9.17) is 0 Å². The van der Waals surface area contributed by atoms with Gasteiger partial charge in [0, 0.05) is 25.3 Å². The van der Waals surface area contributed by atoms with Gasteiger partial charge in [-0.15, -0.1) is 0 Å². The Morgan fingerprint density at radius 3 is 2.86 bits per heavy atom. The van der Waals surface area contributed by atoms with Gasteiger partial charge in [0.25, 0.3) is 0 Å². The molecule has 0 bridgehead atoms. The molecule has 2 aliphatic rings. The molecular formula is C14H18N2O4S. The standard InChI is InChI=1S/C14H18N2O4S/c1-15-13-5-4-12(7-10(13)8-14(15)18)21(19,20)16-6-2-3-11(16)9-17/h4-5,7,11,17H,2-3,6,8-9H2,1H3/t11-/m1/s1. The van der Waals surface area contributed by atoms with E-state index in [1.165, 1.54) is 15.3 Å². The van der Waals surface area contributed by atoms with Crippen LogP contribution in [0.2, 0.25) is 0 Å². The molecule has 7 heteroatoms. The molecule has 0 radical (unpaired) electrons. The van der Waals surface area contributed by atoms with E-state index >= 15 is 0 Å². The summed E-state index contributed by atoms with van der Waals surface area (Å²) in [6, 6.07) is 4.46. The van der Waals surface area contributed by atoms with Gasteiger partial charge in [-0.3, -0.25) is 4.79 Å². The molecule has 0 aromatic heterocycles. The van der Waals surface area contributed by atoms with Crippen molar-refractivity contribution in [3.8, 4) is 0 Å². The van der Waals surface area contributed by atoms with Crippen LogP contribution < -0.4 is 4.90 Å². The molecular weight excluding hydrogens is 292 g/mol. The van der Waals surface area contributed by atoms with E-state index in [1.54, 1.807) is 19.2 Å². The number of hydrogen-bond donors (Lipinski definition) is 1. The number of anilines is 1. The van der Waals surface area contributed by atoms with Gasteiger partial charge >= 0.3 is 0 Å². The van der Waals surface area contributed by atoms with E-state index < -0.39 is 10.0 Å². The molecule has 0 spiro atoms. The Morgan fingerprint density at radius 2 is 2.14 bits per heavy atom. The summed E-state index contributed by atoms with van der Waals surface area (Å²) >= 11 is 0. The van der Waals surface area contributed by atoms with E-state index in [2.05, 4.69) is 0 Å². The topological polar surface area (TPSA) is 77.9 Å². The molecule has 1 saturated heterocycles. The number of benzene rings is 1. The number of carbonyl (C=O) groups excluding carboxylic acids is 1. The SMILES string of the molecule is CN1C(=O)Cc2cc(S(=O)(=O)N3CCC[C@@H]3CO)ccc21. The number of likely N-dealkylation sites (N-methyl/N-ethyl adjacent to an activating group) is 1. The third-order valence-electron chi connectivity index (χ3n) is 4.27. The molecule has 0 aliphatic carbocycles.